The zero-order chi connectivity index (χ0) is 15.6. The van der Waals surface area contributed by atoms with Gasteiger partial charge in [-0.25, -0.2) is 4.39 Å². The van der Waals surface area contributed by atoms with Gasteiger partial charge in [0.15, 0.2) is 5.41 Å². The highest BCUT2D eigenvalue weighted by Gasteiger charge is 2.43. The Morgan fingerprint density at radius 1 is 1.00 bits per heavy atom. The van der Waals surface area contributed by atoms with E-state index >= 15 is 0 Å². The summed E-state index contributed by atoms with van der Waals surface area (Å²) in [5, 5.41) is 18.3. The lowest BCUT2D eigenvalue weighted by Crippen LogP contribution is -2.40. The van der Waals surface area contributed by atoms with Crippen LogP contribution in [0.3, 0.4) is 0 Å². The van der Waals surface area contributed by atoms with Crippen LogP contribution in [0, 0.1) is 5.82 Å². The Bertz CT molecular complexity index is 681. The summed E-state index contributed by atoms with van der Waals surface area (Å²) >= 11 is 0. The lowest BCUT2D eigenvalue weighted by atomic mass is 9.82. The second kappa shape index (κ2) is 5.36. The average Bonchev–Trinajstić information content (AvgIpc) is 2.46. The van der Waals surface area contributed by atoms with E-state index in [4.69, 9.17) is 10.2 Å². The summed E-state index contributed by atoms with van der Waals surface area (Å²) in [5.41, 5.74) is -1.37. The van der Waals surface area contributed by atoms with Gasteiger partial charge in [0.1, 0.15) is 5.82 Å². The minimum Gasteiger partial charge on any atom is -0.480 e. The lowest BCUT2D eigenvalue weighted by molar-refractivity contribution is -0.156. The van der Waals surface area contributed by atoms with Gasteiger partial charge in [-0.05, 0) is 24.1 Å². The second-order valence-corrected chi connectivity index (χ2v) is 4.80. The van der Waals surface area contributed by atoms with Gasteiger partial charge in [0.25, 0.3) is 0 Å². The molecule has 2 N–H and O–H groups in total. The highest BCUT2D eigenvalue weighted by molar-refractivity contribution is 6.04. The van der Waals surface area contributed by atoms with Crippen molar-refractivity contribution in [1.29, 1.82) is 0 Å². The highest BCUT2D eigenvalue weighted by atomic mass is 19.1. The van der Waals surface area contributed by atoms with Crippen LogP contribution in [0.5, 0.6) is 0 Å². The maximum atomic E-state index is 14.2. The van der Waals surface area contributed by atoms with Crippen LogP contribution in [0.15, 0.2) is 48.5 Å². The molecule has 21 heavy (non-hydrogen) atoms. The van der Waals surface area contributed by atoms with Crippen molar-refractivity contribution < 1.29 is 24.2 Å². The summed E-state index contributed by atoms with van der Waals surface area (Å²) in [6.07, 6.45) is 0. The third-order valence-corrected chi connectivity index (χ3v) is 3.49. The van der Waals surface area contributed by atoms with E-state index in [-0.39, 0.29) is 11.1 Å². The molecule has 0 radical (unpaired) electrons. The predicted octanol–water partition coefficient (Wildman–Crippen LogP) is 2.92. The maximum Gasteiger partial charge on any atom is 0.325 e. The number of hydrogen-bond donors (Lipinski definition) is 2. The van der Waals surface area contributed by atoms with E-state index in [0.717, 1.165) is 13.0 Å². The number of rotatable bonds is 4. The third-order valence-electron chi connectivity index (χ3n) is 3.49. The molecule has 0 aliphatic carbocycles. The van der Waals surface area contributed by atoms with Gasteiger partial charge in [0.2, 0.25) is 0 Å². The van der Waals surface area contributed by atoms with Crippen LogP contribution in [-0.2, 0) is 15.0 Å². The second-order valence-electron chi connectivity index (χ2n) is 4.80. The fourth-order valence-electron chi connectivity index (χ4n) is 2.02. The molecule has 0 amide bonds. The SMILES string of the molecule is CC(C(=O)O)(C(=O)O)c1ccc(-c2ccccc2)c(F)c1. The number of carboxylic acids is 2. The number of carbonyl (C=O) groups is 2. The molecule has 0 spiro atoms. The molecule has 2 rings (SSSR count). The van der Waals surface area contributed by atoms with Gasteiger partial charge in [-0.3, -0.25) is 9.59 Å². The first-order chi connectivity index (χ1) is 9.87. The van der Waals surface area contributed by atoms with Crippen LogP contribution in [-0.4, -0.2) is 22.2 Å². The van der Waals surface area contributed by atoms with Gasteiger partial charge in [-0.15, -0.1) is 0 Å². The number of aliphatic carboxylic acids is 2. The predicted molar refractivity (Wildman–Crippen MR) is 74.5 cm³/mol. The van der Waals surface area contributed by atoms with Crippen LogP contribution in [0.2, 0.25) is 0 Å². The van der Waals surface area contributed by atoms with Gasteiger partial charge < -0.3 is 10.2 Å². The Balaban J connectivity index is 2.54. The van der Waals surface area contributed by atoms with E-state index in [1.54, 1.807) is 30.3 Å². The minimum absolute atomic E-state index is 0.111. The molecule has 4 nitrogen and oxygen atoms in total. The first kappa shape index (κ1) is 14.7. The molecule has 108 valence electrons. The van der Waals surface area contributed by atoms with E-state index in [1.165, 1.54) is 12.1 Å². The molecule has 0 bridgehead atoms. The summed E-state index contributed by atoms with van der Waals surface area (Å²) in [4.78, 5) is 22.5. The molecule has 0 aliphatic rings. The van der Waals surface area contributed by atoms with E-state index in [0.29, 0.717) is 5.56 Å². The molecule has 0 heterocycles. The van der Waals surface area contributed by atoms with E-state index < -0.39 is 23.2 Å². The molecule has 5 heteroatoms. The Morgan fingerprint density at radius 2 is 1.57 bits per heavy atom. The van der Waals surface area contributed by atoms with Gasteiger partial charge in [-0.1, -0.05) is 42.5 Å². The quantitative estimate of drug-likeness (QED) is 0.848. The van der Waals surface area contributed by atoms with Crippen LogP contribution in [0.4, 0.5) is 4.39 Å². The van der Waals surface area contributed by atoms with E-state index in [1.807, 2.05) is 0 Å². The summed E-state index contributed by atoms with van der Waals surface area (Å²) in [5.74, 6) is -3.74. The Hall–Kier alpha value is -2.69. The van der Waals surface area contributed by atoms with Crippen molar-refractivity contribution in [2.45, 2.75) is 12.3 Å². The summed E-state index contributed by atoms with van der Waals surface area (Å²) < 4.78 is 14.2. The first-order valence-electron chi connectivity index (χ1n) is 6.19. The molecule has 0 saturated carbocycles. The van der Waals surface area contributed by atoms with E-state index in [2.05, 4.69) is 0 Å². The molecule has 0 unspecified atom stereocenters. The molecule has 2 aromatic carbocycles. The Morgan fingerprint density at radius 3 is 2.05 bits per heavy atom. The molecular weight excluding hydrogens is 275 g/mol. The highest BCUT2D eigenvalue weighted by Crippen LogP contribution is 2.30. The average molecular weight is 288 g/mol. The van der Waals surface area contributed by atoms with Gasteiger partial charge in [0, 0.05) is 5.56 Å². The van der Waals surface area contributed by atoms with Gasteiger partial charge in [0.05, 0.1) is 0 Å². The Labute approximate surface area is 120 Å². The van der Waals surface area contributed by atoms with Crippen molar-refractivity contribution in [2.24, 2.45) is 0 Å². The van der Waals surface area contributed by atoms with Crippen LogP contribution < -0.4 is 0 Å². The Kier molecular flexibility index (Phi) is 3.76. The van der Waals surface area contributed by atoms with Crippen molar-refractivity contribution >= 4 is 11.9 Å². The van der Waals surface area contributed by atoms with Crippen molar-refractivity contribution in [2.75, 3.05) is 0 Å². The first-order valence-corrected chi connectivity index (χ1v) is 6.19. The fraction of sp³-hybridized carbons (Fsp3) is 0.125. The number of benzene rings is 2. The zero-order valence-electron chi connectivity index (χ0n) is 11.2. The standard InChI is InChI=1S/C16H13FO4/c1-16(14(18)19,15(20)21)11-7-8-12(13(17)9-11)10-5-3-2-4-6-10/h2-9H,1H3,(H,18,19)(H,20,21). The molecule has 0 aliphatic heterocycles. The van der Waals surface area contributed by atoms with Crippen LogP contribution in [0.25, 0.3) is 11.1 Å². The fourth-order valence-corrected chi connectivity index (χ4v) is 2.02. The van der Waals surface area contributed by atoms with E-state index in [9.17, 15) is 14.0 Å². The number of hydrogen-bond acceptors (Lipinski definition) is 2. The number of halogens is 1. The van der Waals surface area contributed by atoms with Crippen molar-refractivity contribution in [1.82, 2.24) is 0 Å². The zero-order valence-corrected chi connectivity index (χ0v) is 11.2. The third kappa shape index (κ3) is 2.50. The molecule has 0 fully saturated rings. The van der Waals surface area contributed by atoms with Crippen LogP contribution in [0.1, 0.15) is 12.5 Å². The van der Waals surface area contributed by atoms with Crippen LogP contribution >= 0.6 is 0 Å². The summed E-state index contributed by atoms with van der Waals surface area (Å²) in [7, 11) is 0. The minimum atomic E-state index is -2.18. The topological polar surface area (TPSA) is 74.6 Å². The molecule has 0 atom stereocenters. The molecule has 0 saturated heterocycles. The maximum absolute atomic E-state index is 14.2. The lowest BCUT2D eigenvalue weighted by Gasteiger charge is -2.20. The molecule has 2 aromatic rings. The molecule has 0 aromatic heterocycles. The van der Waals surface area contributed by atoms with Gasteiger partial charge in [-0.2, -0.15) is 0 Å². The van der Waals surface area contributed by atoms with Crippen molar-refractivity contribution in [3.8, 4) is 11.1 Å². The largest absolute Gasteiger partial charge is 0.480 e. The van der Waals surface area contributed by atoms with Crippen molar-refractivity contribution in [3.05, 3.63) is 59.9 Å². The smallest absolute Gasteiger partial charge is 0.325 e. The normalized spacial score (nSPS) is 11.1. The number of carboxylic acid groups (broad SMARTS) is 2. The summed E-state index contributed by atoms with van der Waals surface area (Å²) in [6, 6.07) is 12.4. The van der Waals surface area contributed by atoms with Gasteiger partial charge >= 0.3 is 11.9 Å². The molecular formula is C16H13FO4. The summed E-state index contributed by atoms with van der Waals surface area (Å²) in [6.45, 7) is 1.04. The van der Waals surface area contributed by atoms with Crippen molar-refractivity contribution in [3.63, 3.8) is 0 Å². The monoisotopic (exact) mass is 288 g/mol.